The zero-order valence-corrected chi connectivity index (χ0v) is 12.2. The molecule has 17 heavy (non-hydrogen) atoms. The first-order chi connectivity index (χ1) is 7.94. The van der Waals surface area contributed by atoms with Crippen molar-refractivity contribution in [2.24, 2.45) is 0 Å². The third-order valence-electron chi connectivity index (χ3n) is 2.55. The average molecular weight is 338 g/mol. The second-order valence-corrected chi connectivity index (χ2v) is 8.22. The molecule has 94 valence electrons. The Bertz CT molecular complexity index is 523. The van der Waals surface area contributed by atoms with Gasteiger partial charge in [-0.3, -0.25) is 4.79 Å². The lowest BCUT2D eigenvalue weighted by molar-refractivity contribution is -0.120. The molecule has 0 saturated carbocycles. The molecule has 0 bridgehead atoms. The zero-order chi connectivity index (χ0) is 12.5. The standard InChI is InChI=1S/C10H12BrNO3S2/c11-7-3-9(16-5-7)4-10(13)12-8-1-2-17(14,15)6-8/h3,5,8H,1-2,4,6H2,(H,12,13). The topological polar surface area (TPSA) is 63.2 Å². The number of hydrogen-bond acceptors (Lipinski definition) is 4. The van der Waals surface area contributed by atoms with Crippen LogP contribution in [0.15, 0.2) is 15.9 Å². The molecular weight excluding hydrogens is 326 g/mol. The van der Waals surface area contributed by atoms with Gasteiger partial charge in [0.05, 0.1) is 17.9 Å². The van der Waals surface area contributed by atoms with E-state index in [-0.39, 0.29) is 23.5 Å². The van der Waals surface area contributed by atoms with Crippen molar-refractivity contribution in [3.8, 4) is 0 Å². The minimum Gasteiger partial charge on any atom is -0.352 e. The van der Waals surface area contributed by atoms with Gasteiger partial charge in [-0.15, -0.1) is 11.3 Å². The Balaban J connectivity index is 1.86. The second kappa shape index (κ2) is 5.07. The van der Waals surface area contributed by atoms with Gasteiger partial charge in [-0.1, -0.05) is 0 Å². The molecule has 1 aliphatic heterocycles. The molecule has 4 nitrogen and oxygen atoms in total. The fourth-order valence-electron chi connectivity index (χ4n) is 1.79. The molecule has 2 rings (SSSR count). The van der Waals surface area contributed by atoms with Crippen molar-refractivity contribution < 1.29 is 13.2 Å². The summed E-state index contributed by atoms with van der Waals surface area (Å²) in [7, 11) is -2.93. The summed E-state index contributed by atoms with van der Waals surface area (Å²) in [5.74, 6) is 0.150. The number of rotatable bonds is 3. The molecule has 1 amide bonds. The lowest BCUT2D eigenvalue weighted by atomic mass is 10.2. The van der Waals surface area contributed by atoms with Crippen LogP contribution >= 0.6 is 27.3 Å². The molecule has 7 heteroatoms. The molecule has 1 fully saturated rings. The highest BCUT2D eigenvalue weighted by Gasteiger charge is 2.28. The molecule has 1 aromatic heterocycles. The molecular formula is C10H12BrNO3S2. The van der Waals surface area contributed by atoms with E-state index in [4.69, 9.17) is 0 Å². The highest BCUT2D eigenvalue weighted by atomic mass is 79.9. The van der Waals surface area contributed by atoms with Crippen LogP contribution in [0.4, 0.5) is 0 Å². The summed E-state index contributed by atoms with van der Waals surface area (Å²) in [6.45, 7) is 0. The molecule has 0 aliphatic carbocycles. The van der Waals surface area contributed by atoms with Crippen LogP contribution in [-0.4, -0.2) is 31.9 Å². The van der Waals surface area contributed by atoms with Gasteiger partial charge in [-0.05, 0) is 28.4 Å². The maximum absolute atomic E-state index is 11.7. The van der Waals surface area contributed by atoms with Crippen LogP contribution in [0.5, 0.6) is 0 Å². The van der Waals surface area contributed by atoms with Gasteiger partial charge >= 0.3 is 0 Å². The van der Waals surface area contributed by atoms with Gasteiger partial charge in [0.2, 0.25) is 5.91 Å². The van der Waals surface area contributed by atoms with Gasteiger partial charge in [0.25, 0.3) is 0 Å². The normalized spacial score (nSPS) is 22.5. The third kappa shape index (κ3) is 3.79. The van der Waals surface area contributed by atoms with Crippen molar-refractivity contribution in [2.45, 2.75) is 18.9 Å². The van der Waals surface area contributed by atoms with Gasteiger partial charge in [0.1, 0.15) is 0 Å². The first-order valence-electron chi connectivity index (χ1n) is 5.17. The van der Waals surface area contributed by atoms with E-state index in [9.17, 15) is 13.2 Å². The van der Waals surface area contributed by atoms with Crippen LogP contribution in [-0.2, 0) is 21.1 Å². The van der Waals surface area contributed by atoms with Crippen molar-refractivity contribution in [3.63, 3.8) is 0 Å². The van der Waals surface area contributed by atoms with E-state index in [0.29, 0.717) is 12.8 Å². The van der Waals surface area contributed by atoms with E-state index in [0.717, 1.165) is 9.35 Å². The summed E-state index contributed by atoms with van der Waals surface area (Å²) < 4.78 is 23.4. The summed E-state index contributed by atoms with van der Waals surface area (Å²) in [6.07, 6.45) is 0.842. The van der Waals surface area contributed by atoms with Gasteiger partial charge in [0.15, 0.2) is 9.84 Å². The lowest BCUT2D eigenvalue weighted by Crippen LogP contribution is -2.36. The molecule has 0 aromatic carbocycles. The maximum atomic E-state index is 11.7. The maximum Gasteiger partial charge on any atom is 0.225 e. The molecule has 1 unspecified atom stereocenters. The number of halogens is 1. The van der Waals surface area contributed by atoms with Crippen molar-refractivity contribution in [2.75, 3.05) is 11.5 Å². The minimum absolute atomic E-state index is 0.0763. The largest absolute Gasteiger partial charge is 0.352 e. The first-order valence-corrected chi connectivity index (χ1v) is 8.67. The van der Waals surface area contributed by atoms with Gasteiger partial charge < -0.3 is 5.32 Å². The number of amides is 1. The number of carbonyl (C=O) groups is 1. The number of thiophene rings is 1. The summed E-state index contributed by atoms with van der Waals surface area (Å²) in [5, 5.41) is 4.68. The fraction of sp³-hybridized carbons (Fsp3) is 0.500. The average Bonchev–Trinajstić information content (AvgIpc) is 2.73. The van der Waals surface area contributed by atoms with Crippen LogP contribution in [0, 0.1) is 0 Å². The Morgan fingerprint density at radius 2 is 2.35 bits per heavy atom. The van der Waals surface area contributed by atoms with Crippen LogP contribution in [0.25, 0.3) is 0 Å². The predicted octanol–water partition coefficient (Wildman–Crippen LogP) is 1.36. The van der Waals surface area contributed by atoms with Crippen molar-refractivity contribution >= 4 is 43.0 Å². The summed E-state index contributed by atoms with van der Waals surface area (Å²) in [6, 6.07) is 1.69. The Hall–Kier alpha value is -0.400. The van der Waals surface area contributed by atoms with E-state index < -0.39 is 9.84 Å². The van der Waals surface area contributed by atoms with Crippen LogP contribution < -0.4 is 5.32 Å². The Labute approximate surface area is 112 Å². The summed E-state index contributed by atoms with van der Waals surface area (Å²) in [4.78, 5) is 12.6. The summed E-state index contributed by atoms with van der Waals surface area (Å²) >= 11 is 4.83. The fourth-order valence-corrected chi connectivity index (χ4v) is 4.92. The molecule has 0 spiro atoms. The molecule has 1 aliphatic rings. The number of carbonyl (C=O) groups excluding carboxylic acids is 1. The van der Waals surface area contributed by atoms with E-state index >= 15 is 0 Å². The zero-order valence-electron chi connectivity index (χ0n) is 8.98. The van der Waals surface area contributed by atoms with E-state index in [2.05, 4.69) is 21.2 Å². The monoisotopic (exact) mass is 337 g/mol. The predicted molar refractivity (Wildman–Crippen MR) is 70.9 cm³/mol. The molecule has 1 atom stereocenters. The summed E-state index contributed by atoms with van der Waals surface area (Å²) in [5.41, 5.74) is 0. The molecule has 1 aromatic rings. The quantitative estimate of drug-likeness (QED) is 0.905. The van der Waals surface area contributed by atoms with Crippen LogP contribution in [0.1, 0.15) is 11.3 Å². The van der Waals surface area contributed by atoms with E-state index in [1.807, 2.05) is 11.4 Å². The van der Waals surface area contributed by atoms with Crippen molar-refractivity contribution in [3.05, 3.63) is 20.8 Å². The Morgan fingerprint density at radius 3 is 2.88 bits per heavy atom. The highest BCUT2D eigenvalue weighted by molar-refractivity contribution is 9.10. The lowest BCUT2D eigenvalue weighted by Gasteiger charge is -2.09. The molecule has 1 N–H and O–H groups in total. The van der Waals surface area contributed by atoms with E-state index in [1.165, 1.54) is 11.3 Å². The van der Waals surface area contributed by atoms with Crippen molar-refractivity contribution in [1.29, 1.82) is 0 Å². The van der Waals surface area contributed by atoms with Crippen LogP contribution in [0.2, 0.25) is 0 Å². The second-order valence-electron chi connectivity index (χ2n) is 4.08. The van der Waals surface area contributed by atoms with E-state index in [1.54, 1.807) is 0 Å². The molecule has 0 radical (unpaired) electrons. The molecule has 2 heterocycles. The minimum atomic E-state index is -2.93. The highest BCUT2D eigenvalue weighted by Crippen LogP contribution is 2.20. The van der Waals surface area contributed by atoms with Crippen LogP contribution in [0.3, 0.4) is 0 Å². The molecule has 1 saturated heterocycles. The van der Waals surface area contributed by atoms with Gasteiger partial charge in [-0.25, -0.2) is 8.42 Å². The van der Waals surface area contributed by atoms with Gasteiger partial charge in [0, 0.05) is 20.8 Å². The number of sulfone groups is 1. The smallest absolute Gasteiger partial charge is 0.225 e. The Kier molecular flexibility index (Phi) is 3.89. The Morgan fingerprint density at radius 1 is 1.59 bits per heavy atom. The SMILES string of the molecule is O=C(Cc1cc(Br)cs1)NC1CCS(=O)(=O)C1. The van der Waals surface area contributed by atoms with Crippen molar-refractivity contribution in [1.82, 2.24) is 5.32 Å². The number of nitrogens with one attached hydrogen (secondary N) is 1. The number of hydrogen-bond donors (Lipinski definition) is 1. The first kappa shape index (κ1) is 13.0. The third-order valence-corrected chi connectivity index (χ3v) is 6.02. The van der Waals surface area contributed by atoms with Gasteiger partial charge in [-0.2, -0.15) is 0 Å².